The molecule has 1 aliphatic heterocycles. The second-order valence-corrected chi connectivity index (χ2v) is 9.40. The second kappa shape index (κ2) is 9.43. The second-order valence-electron chi connectivity index (χ2n) is 8.99. The van der Waals surface area contributed by atoms with Crippen molar-refractivity contribution in [3.8, 4) is 5.88 Å². The zero-order chi connectivity index (χ0) is 23.5. The number of rotatable bonds is 8. The Morgan fingerprint density at radius 2 is 1.97 bits per heavy atom. The van der Waals surface area contributed by atoms with Crippen LogP contribution in [0.3, 0.4) is 0 Å². The first-order valence-corrected chi connectivity index (χ1v) is 11.7. The van der Waals surface area contributed by atoms with Crippen LogP contribution in [0.2, 0.25) is 5.02 Å². The highest BCUT2D eigenvalue weighted by Gasteiger charge is 2.48. The Kier molecular flexibility index (Phi) is 6.20. The van der Waals surface area contributed by atoms with Gasteiger partial charge in [0, 0.05) is 31.4 Å². The summed E-state index contributed by atoms with van der Waals surface area (Å²) in [6.45, 7) is 2.38. The molecular formula is C26H25ClN4O3. The van der Waals surface area contributed by atoms with Crippen molar-refractivity contribution in [1.82, 2.24) is 15.3 Å². The van der Waals surface area contributed by atoms with Crippen LogP contribution in [0.25, 0.3) is 0 Å². The molecule has 1 saturated heterocycles. The van der Waals surface area contributed by atoms with Gasteiger partial charge >= 0.3 is 0 Å². The predicted octanol–water partition coefficient (Wildman–Crippen LogP) is 4.44. The molecule has 1 amide bonds. The molecule has 0 atom stereocenters. The molecule has 2 heterocycles. The van der Waals surface area contributed by atoms with E-state index in [2.05, 4.69) is 20.2 Å². The van der Waals surface area contributed by atoms with Gasteiger partial charge in [-0.2, -0.15) is 4.98 Å². The van der Waals surface area contributed by atoms with Crippen molar-refractivity contribution in [3.05, 3.63) is 82.0 Å². The summed E-state index contributed by atoms with van der Waals surface area (Å²) in [6.07, 6.45) is 5.90. The molecule has 34 heavy (non-hydrogen) atoms. The van der Waals surface area contributed by atoms with E-state index in [4.69, 9.17) is 16.3 Å². The number of benzene rings is 2. The molecule has 8 heteroatoms. The molecule has 3 aromatic rings. The molecule has 2 aliphatic rings. The summed E-state index contributed by atoms with van der Waals surface area (Å²) in [5, 5.41) is 3.27. The van der Waals surface area contributed by atoms with Crippen molar-refractivity contribution < 1.29 is 14.3 Å². The molecule has 1 aliphatic carbocycles. The Hall–Kier alpha value is -3.45. The summed E-state index contributed by atoms with van der Waals surface area (Å²) < 4.78 is 6.01. The zero-order valence-corrected chi connectivity index (χ0v) is 19.4. The number of ether oxygens (including phenoxy) is 1. The number of aromatic nitrogens is 2. The van der Waals surface area contributed by atoms with Gasteiger partial charge in [-0.3, -0.25) is 9.59 Å². The zero-order valence-electron chi connectivity index (χ0n) is 18.7. The van der Waals surface area contributed by atoms with Gasteiger partial charge in [0.25, 0.3) is 5.91 Å². The molecule has 5 rings (SSSR count). The van der Waals surface area contributed by atoms with Crippen LogP contribution in [0.4, 0.5) is 5.95 Å². The van der Waals surface area contributed by atoms with Gasteiger partial charge in [-0.05, 0) is 47.9 Å². The topological polar surface area (TPSA) is 84.4 Å². The van der Waals surface area contributed by atoms with Crippen LogP contribution >= 0.6 is 11.6 Å². The highest BCUT2D eigenvalue weighted by atomic mass is 35.5. The first kappa shape index (κ1) is 22.3. The smallest absolute Gasteiger partial charge is 0.258 e. The average molecular weight is 477 g/mol. The molecule has 0 bridgehead atoms. The molecule has 1 spiro atoms. The SMILES string of the molecule is O=Cc1ccc(COc2nc(N3CCC4(CC4)C3)ncc2C(=O)NCc2ccccc2)cc1Cl. The lowest BCUT2D eigenvalue weighted by molar-refractivity contribution is 0.0944. The third-order valence-corrected chi connectivity index (χ3v) is 6.85. The van der Waals surface area contributed by atoms with Crippen molar-refractivity contribution in [2.24, 2.45) is 5.41 Å². The minimum absolute atomic E-state index is 0.151. The number of halogens is 1. The van der Waals surface area contributed by atoms with E-state index in [1.54, 1.807) is 24.4 Å². The van der Waals surface area contributed by atoms with Gasteiger partial charge < -0.3 is 15.0 Å². The average Bonchev–Trinajstić information content (AvgIpc) is 3.50. The van der Waals surface area contributed by atoms with Crippen LogP contribution in [-0.2, 0) is 13.2 Å². The summed E-state index contributed by atoms with van der Waals surface area (Å²) in [4.78, 5) is 35.3. The standard InChI is InChI=1S/C26H25ClN4O3/c27-22-12-19(6-7-20(22)15-32)16-34-24-21(23(33)28-13-18-4-2-1-3-5-18)14-29-25(30-24)31-11-10-26(17-31)8-9-26/h1-7,12,14-15H,8-11,13,16-17H2,(H,28,33). The van der Waals surface area contributed by atoms with Crippen LogP contribution in [0.1, 0.15) is 51.1 Å². The van der Waals surface area contributed by atoms with Crippen molar-refractivity contribution >= 4 is 29.7 Å². The normalized spacial score (nSPS) is 15.9. The fraction of sp³-hybridized carbons (Fsp3) is 0.308. The Morgan fingerprint density at radius 3 is 2.68 bits per heavy atom. The number of amides is 1. The van der Waals surface area contributed by atoms with Crippen LogP contribution in [0.15, 0.2) is 54.7 Å². The molecule has 1 N–H and O–H groups in total. The Morgan fingerprint density at radius 1 is 1.15 bits per heavy atom. The van der Waals surface area contributed by atoms with Gasteiger partial charge in [0.15, 0.2) is 6.29 Å². The number of nitrogens with one attached hydrogen (secondary N) is 1. The third kappa shape index (κ3) is 4.89. The first-order valence-electron chi connectivity index (χ1n) is 11.4. The number of hydrogen-bond acceptors (Lipinski definition) is 6. The molecule has 1 aromatic heterocycles. The maximum Gasteiger partial charge on any atom is 0.258 e. The summed E-state index contributed by atoms with van der Waals surface area (Å²) in [5.41, 5.74) is 2.87. The lowest BCUT2D eigenvalue weighted by Crippen LogP contribution is -2.26. The highest BCUT2D eigenvalue weighted by Crippen LogP contribution is 2.53. The molecular weight excluding hydrogens is 452 g/mol. The summed E-state index contributed by atoms with van der Waals surface area (Å²) in [7, 11) is 0. The number of hydrogen-bond donors (Lipinski definition) is 1. The van der Waals surface area contributed by atoms with Crippen LogP contribution in [-0.4, -0.2) is 35.3 Å². The van der Waals surface area contributed by atoms with Gasteiger partial charge in [0.1, 0.15) is 12.2 Å². The van der Waals surface area contributed by atoms with E-state index in [-0.39, 0.29) is 24.0 Å². The van der Waals surface area contributed by atoms with Crippen molar-refractivity contribution in [2.45, 2.75) is 32.4 Å². The van der Waals surface area contributed by atoms with Gasteiger partial charge in [0.2, 0.25) is 11.8 Å². The first-order chi connectivity index (χ1) is 16.5. The largest absolute Gasteiger partial charge is 0.472 e. The fourth-order valence-corrected chi connectivity index (χ4v) is 4.50. The van der Waals surface area contributed by atoms with E-state index in [1.165, 1.54) is 12.8 Å². The van der Waals surface area contributed by atoms with E-state index in [1.807, 2.05) is 30.3 Å². The maximum absolute atomic E-state index is 13.0. The minimum Gasteiger partial charge on any atom is -0.472 e. The summed E-state index contributed by atoms with van der Waals surface area (Å²) in [6, 6.07) is 14.8. The molecule has 174 valence electrons. The summed E-state index contributed by atoms with van der Waals surface area (Å²) >= 11 is 6.15. The van der Waals surface area contributed by atoms with Crippen molar-refractivity contribution in [3.63, 3.8) is 0 Å². The monoisotopic (exact) mass is 476 g/mol. The van der Waals surface area contributed by atoms with Crippen LogP contribution in [0, 0.1) is 5.41 Å². The fourth-order valence-electron chi connectivity index (χ4n) is 4.25. The van der Waals surface area contributed by atoms with Crippen LogP contribution in [0.5, 0.6) is 5.88 Å². The lowest BCUT2D eigenvalue weighted by atomic mass is 10.1. The number of nitrogens with zero attached hydrogens (tertiary/aromatic N) is 3. The minimum atomic E-state index is -0.306. The highest BCUT2D eigenvalue weighted by molar-refractivity contribution is 6.33. The van der Waals surface area contributed by atoms with E-state index in [0.717, 1.165) is 30.6 Å². The molecule has 7 nitrogen and oxygen atoms in total. The van der Waals surface area contributed by atoms with E-state index < -0.39 is 0 Å². The lowest BCUT2D eigenvalue weighted by Gasteiger charge is -2.18. The van der Waals surface area contributed by atoms with Crippen LogP contribution < -0.4 is 15.0 Å². The van der Waals surface area contributed by atoms with E-state index in [9.17, 15) is 9.59 Å². The predicted molar refractivity (Wildman–Crippen MR) is 129 cm³/mol. The van der Waals surface area contributed by atoms with Gasteiger partial charge in [-0.1, -0.05) is 48.0 Å². The Bertz CT molecular complexity index is 1210. The number of aldehydes is 1. The Balaban J connectivity index is 1.36. The number of carbonyl (C=O) groups excluding carboxylic acids is 2. The van der Waals surface area contributed by atoms with Crippen molar-refractivity contribution in [2.75, 3.05) is 18.0 Å². The van der Waals surface area contributed by atoms with Gasteiger partial charge in [-0.25, -0.2) is 4.98 Å². The molecule has 0 unspecified atom stereocenters. The molecule has 2 fully saturated rings. The van der Waals surface area contributed by atoms with E-state index >= 15 is 0 Å². The third-order valence-electron chi connectivity index (χ3n) is 6.53. The van der Waals surface area contributed by atoms with Gasteiger partial charge in [-0.15, -0.1) is 0 Å². The number of anilines is 1. The molecule has 2 aromatic carbocycles. The van der Waals surface area contributed by atoms with Gasteiger partial charge in [0.05, 0.1) is 5.02 Å². The quantitative estimate of drug-likeness (QED) is 0.484. The molecule has 1 saturated carbocycles. The van der Waals surface area contributed by atoms with E-state index in [0.29, 0.717) is 34.8 Å². The maximum atomic E-state index is 13.0. The summed E-state index contributed by atoms with van der Waals surface area (Å²) in [5.74, 6) is 0.496. The van der Waals surface area contributed by atoms with Crippen molar-refractivity contribution in [1.29, 1.82) is 0 Å². The Labute approximate surface area is 203 Å². The molecule has 0 radical (unpaired) electrons. The number of carbonyl (C=O) groups is 2.